The van der Waals surface area contributed by atoms with Gasteiger partial charge in [-0.1, -0.05) is 0 Å². The van der Waals surface area contributed by atoms with Crippen molar-refractivity contribution in [2.75, 3.05) is 6.61 Å². The Balaban J connectivity index is 1.53. The van der Waals surface area contributed by atoms with E-state index in [0.29, 0.717) is 37.5 Å². The Hall–Kier alpha value is -2.54. The highest BCUT2D eigenvalue weighted by molar-refractivity contribution is 5.95. The first-order chi connectivity index (χ1) is 12.1. The van der Waals surface area contributed by atoms with E-state index in [1.807, 2.05) is 0 Å². The quantitative estimate of drug-likeness (QED) is 0.879. The second kappa shape index (κ2) is 6.40. The van der Waals surface area contributed by atoms with E-state index >= 15 is 0 Å². The van der Waals surface area contributed by atoms with Gasteiger partial charge in [0.1, 0.15) is 0 Å². The number of nitrogens with two attached hydrogens (primary N) is 1. The number of primary amides is 1. The molecule has 0 saturated heterocycles. The van der Waals surface area contributed by atoms with E-state index in [-0.39, 0.29) is 5.91 Å². The van der Waals surface area contributed by atoms with Crippen molar-refractivity contribution in [3.8, 4) is 0 Å². The van der Waals surface area contributed by atoms with Crippen LogP contribution in [0, 0.1) is 0 Å². The highest BCUT2D eigenvalue weighted by Gasteiger charge is 2.24. The maximum atomic E-state index is 12.5. The number of rotatable bonds is 4. The lowest BCUT2D eigenvalue weighted by molar-refractivity contribution is 0.0915. The van der Waals surface area contributed by atoms with Crippen LogP contribution in [0.1, 0.15) is 56.3 Å². The molecule has 2 aromatic heterocycles. The Bertz CT molecular complexity index is 834. The van der Waals surface area contributed by atoms with Crippen molar-refractivity contribution < 1.29 is 18.7 Å². The number of nitrogens with zero attached hydrogens (tertiary/aromatic N) is 1. The average Bonchev–Trinajstić information content (AvgIpc) is 3.21. The topological polar surface area (TPSA) is 99.5 Å². The van der Waals surface area contributed by atoms with Gasteiger partial charge in [0.2, 0.25) is 0 Å². The maximum absolute atomic E-state index is 12.5. The summed E-state index contributed by atoms with van der Waals surface area (Å²) in [5, 5.41) is 2.91. The Labute approximate surface area is 145 Å². The number of amides is 2. The Morgan fingerprint density at radius 3 is 3.00 bits per heavy atom. The van der Waals surface area contributed by atoms with Crippen LogP contribution in [0.2, 0.25) is 0 Å². The summed E-state index contributed by atoms with van der Waals surface area (Å²) in [4.78, 5) is 24.2. The summed E-state index contributed by atoms with van der Waals surface area (Å²) in [5.74, 6) is -0.294. The molecule has 0 bridgehead atoms. The molecule has 2 amide bonds. The van der Waals surface area contributed by atoms with Gasteiger partial charge in [-0.25, -0.2) is 0 Å². The number of ether oxygens (including phenoxy) is 1. The average molecular weight is 343 g/mol. The summed E-state index contributed by atoms with van der Waals surface area (Å²) in [7, 11) is 0. The molecule has 4 rings (SSSR count). The van der Waals surface area contributed by atoms with Crippen LogP contribution in [-0.2, 0) is 37.3 Å². The number of fused-ring (bicyclic) bond motifs is 2. The molecule has 0 aliphatic carbocycles. The van der Waals surface area contributed by atoms with E-state index in [1.165, 1.54) is 0 Å². The van der Waals surface area contributed by atoms with Gasteiger partial charge in [-0.05, 0) is 25.3 Å². The molecule has 25 heavy (non-hydrogen) atoms. The number of nitrogens with one attached hydrogen (secondary N) is 1. The zero-order valence-corrected chi connectivity index (χ0v) is 14.0. The first-order valence-electron chi connectivity index (χ1n) is 8.61. The van der Waals surface area contributed by atoms with Gasteiger partial charge in [0.15, 0.2) is 5.76 Å². The first kappa shape index (κ1) is 16.0. The largest absolute Gasteiger partial charge is 0.459 e. The van der Waals surface area contributed by atoms with Gasteiger partial charge in [-0.2, -0.15) is 0 Å². The van der Waals surface area contributed by atoms with Gasteiger partial charge >= 0.3 is 0 Å². The number of carbonyl (C=O) groups excluding carboxylic acids is 2. The second-order valence-corrected chi connectivity index (χ2v) is 6.52. The molecule has 0 radical (unpaired) electrons. The van der Waals surface area contributed by atoms with Crippen LogP contribution in [0.3, 0.4) is 0 Å². The van der Waals surface area contributed by atoms with Gasteiger partial charge in [0.05, 0.1) is 31.6 Å². The van der Waals surface area contributed by atoms with E-state index in [0.717, 1.165) is 48.3 Å². The molecule has 7 nitrogen and oxygen atoms in total. The smallest absolute Gasteiger partial charge is 0.287 e. The molecule has 2 aromatic rings. The Morgan fingerprint density at radius 1 is 1.28 bits per heavy atom. The van der Waals surface area contributed by atoms with Gasteiger partial charge in [0, 0.05) is 35.5 Å². The van der Waals surface area contributed by atoms with Crippen LogP contribution in [0.25, 0.3) is 0 Å². The molecule has 7 heteroatoms. The zero-order valence-electron chi connectivity index (χ0n) is 14.0. The van der Waals surface area contributed by atoms with Gasteiger partial charge < -0.3 is 24.8 Å². The molecule has 0 saturated carbocycles. The summed E-state index contributed by atoms with van der Waals surface area (Å²) in [6.45, 7) is 2.27. The van der Waals surface area contributed by atoms with Crippen LogP contribution in [-0.4, -0.2) is 23.0 Å². The van der Waals surface area contributed by atoms with Crippen molar-refractivity contribution >= 4 is 11.8 Å². The molecule has 4 heterocycles. The van der Waals surface area contributed by atoms with E-state index in [1.54, 1.807) is 12.3 Å². The van der Waals surface area contributed by atoms with Crippen LogP contribution in [0.5, 0.6) is 0 Å². The third kappa shape index (κ3) is 2.84. The highest BCUT2D eigenvalue weighted by Crippen LogP contribution is 2.25. The molecular formula is C18H21N3O4. The molecule has 2 aliphatic heterocycles. The number of hydrogen-bond donors (Lipinski definition) is 2. The number of furan rings is 1. The number of hydrogen-bond acceptors (Lipinski definition) is 4. The summed E-state index contributed by atoms with van der Waals surface area (Å²) in [6, 6.07) is 1.80. The Kier molecular flexibility index (Phi) is 4.09. The SMILES string of the molecule is NC(=O)c1cc(CNC(=O)c2occ3c2CCOC3)n2c1CCCC2. The summed E-state index contributed by atoms with van der Waals surface area (Å²) in [5.41, 5.74) is 9.81. The predicted molar refractivity (Wildman–Crippen MR) is 89.1 cm³/mol. The van der Waals surface area contributed by atoms with Gasteiger partial charge in [0.25, 0.3) is 11.8 Å². The maximum Gasteiger partial charge on any atom is 0.287 e. The van der Waals surface area contributed by atoms with Gasteiger partial charge in [-0.3, -0.25) is 9.59 Å². The number of aromatic nitrogens is 1. The molecule has 0 fully saturated rings. The second-order valence-electron chi connectivity index (χ2n) is 6.52. The van der Waals surface area contributed by atoms with Crippen molar-refractivity contribution in [3.63, 3.8) is 0 Å². The normalized spacial score (nSPS) is 16.2. The summed E-state index contributed by atoms with van der Waals surface area (Å²) < 4.78 is 12.9. The van der Waals surface area contributed by atoms with Crippen LogP contribution in [0.15, 0.2) is 16.7 Å². The summed E-state index contributed by atoms with van der Waals surface area (Å²) in [6.07, 6.45) is 5.23. The minimum Gasteiger partial charge on any atom is -0.459 e. The lowest BCUT2D eigenvalue weighted by atomic mass is 10.1. The lowest BCUT2D eigenvalue weighted by Gasteiger charge is -2.19. The van der Waals surface area contributed by atoms with E-state index in [2.05, 4.69) is 9.88 Å². The van der Waals surface area contributed by atoms with Crippen molar-refractivity contribution in [1.82, 2.24) is 9.88 Å². The first-order valence-corrected chi connectivity index (χ1v) is 8.61. The van der Waals surface area contributed by atoms with Crippen molar-refractivity contribution in [2.45, 2.75) is 45.4 Å². The van der Waals surface area contributed by atoms with Crippen molar-refractivity contribution in [2.24, 2.45) is 5.73 Å². The Morgan fingerprint density at radius 2 is 2.16 bits per heavy atom. The minimum atomic E-state index is -0.414. The zero-order chi connectivity index (χ0) is 17.4. The molecular weight excluding hydrogens is 322 g/mol. The van der Waals surface area contributed by atoms with E-state index in [9.17, 15) is 9.59 Å². The fraction of sp³-hybridized carbons (Fsp3) is 0.444. The van der Waals surface area contributed by atoms with E-state index in [4.69, 9.17) is 14.9 Å². The van der Waals surface area contributed by atoms with E-state index < -0.39 is 5.91 Å². The minimum absolute atomic E-state index is 0.241. The molecule has 0 aromatic carbocycles. The molecule has 132 valence electrons. The molecule has 2 aliphatic rings. The highest BCUT2D eigenvalue weighted by atomic mass is 16.5. The molecule has 0 unspecified atom stereocenters. The van der Waals surface area contributed by atoms with Crippen LogP contribution in [0.4, 0.5) is 0 Å². The molecule has 0 spiro atoms. The summed E-state index contributed by atoms with van der Waals surface area (Å²) >= 11 is 0. The van der Waals surface area contributed by atoms with Crippen LogP contribution < -0.4 is 11.1 Å². The third-order valence-corrected chi connectivity index (χ3v) is 4.98. The van der Waals surface area contributed by atoms with Gasteiger partial charge in [-0.15, -0.1) is 0 Å². The third-order valence-electron chi connectivity index (χ3n) is 4.98. The lowest BCUT2D eigenvalue weighted by Crippen LogP contribution is -2.26. The molecule has 3 N–H and O–H groups in total. The van der Waals surface area contributed by atoms with Crippen molar-refractivity contribution in [3.05, 3.63) is 46.2 Å². The van der Waals surface area contributed by atoms with Crippen molar-refractivity contribution in [1.29, 1.82) is 0 Å². The fourth-order valence-corrected chi connectivity index (χ4v) is 3.73. The standard InChI is InChI=1S/C18H21N3O4/c19-17(22)14-7-12(21-5-2-1-3-15(14)21)8-20-18(23)16-13-4-6-24-9-11(13)10-25-16/h7,10H,1-6,8-9H2,(H2,19,22)(H,20,23). The van der Waals surface area contributed by atoms with Crippen LogP contribution >= 0.6 is 0 Å². The number of carbonyl (C=O) groups is 2. The fourth-order valence-electron chi connectivity index (χ4n) is 3.73. The monoisotopic (exact) mass is 343 g/mol. The predicted octanol–water partition coefficient (Wildman–Crippen LogP) is 1.52. The molecule has 0 atom stereocenters.